The lowest BCUT2D eigenvalue weighted by molar-refractivity contribution is -0.161. The molecular weight excluding hydrogens is 320 g/mol. The molecule has 0 unspecified atom stereocenters. The number of hydrogen-bond acceptors (Lipinski definition) is 6. The molecule has 8 heteroatoms. The molecule has 1 aromatic heterocycles. The highest BCUT2D eigenvalue weighted by Gasteiger charge is 2.32. The molecule has 0 spiro atoms. The van der Waals surface area contributed by atoms with Crippen molar-refractivity contribution in [2.75, 3.05) is 0 Å². The number of carbonyl (C=O) groups excluding carboxylic acids is 1. The van der Waals surface area contributed by atoms with Crippen LogP contribution in [0.2, 0.25) is 5.02 Å². The number of aromatic nitrogens is 4. The van der Waals surface area contributed by atoms with Gasteiger partial charge in [-0.05, 0) is 55.0 Å². The van der Waals surface area contributed by atoms with Crippen LogP contribution in [0.25, 0.3) is 0 Å². The van der Waals surface area contributed by atoms with E-state index in [1.54, 1.807) is 42.8 Å². The maximum absolute atomic E-state index is 12.2. The first-order valence-electron chi connectivity index (χ1n) is 7.29. The van der Waals surface area contributed by atoms with Gasteiger partial charge in [0, 0.05) is 11.6 Å². The molecule has 0 atom stereocenters. The van der Waals surface area contributed by atoms with Gasteiger partial charge < -0.3 is 9.47 Å². The summed E-state index contributed by atoms with van der Waals surface area (Å²) in [6.07, 6.45) is 0.886. The van der Waals surface area contributed by atoms with Gasteiger partial charge in [0.2, 0.25) is 0 Å². The van der Waals surface area contributed by atoms with E-state index in [4.69, 9.17) is 21.1 Å². The Morgan fingerprint density at radius 3 is 2.65 bits per heavy atom. The zero-order valence-electron chi connectivity index (χ0n) is 13.3. The topological polar surface area (TPSA) is 79.1 Å². The van der Waals surface area contributed by atoms with Gasteiger partial charge in [0.1, 0.15) is 5.75 Å². The summed E-state index contributed by atoms with van der Waals surface area (Å²) < 4.78 is 12.6. The molecule has 23 heavy (non-hydrogen) atoms. The van der Waals surface area contributed by atoms with Gasteiger partial charge in [0.25, 0.3) is 0 Å². The standard InChI is InChI=1S/C15H19ClN4O3/c1-4-9-20-13(17-18-19-20)10-22-14(21)15(2,3)23-12-7-5-11(16)6-8-12/h5-8H,4,9-10H2,1-3H3. The molecule has 7 nitrogen and oxygen atoms in total. The number of aryl methyl sites for hydroxylation is 1. The Hall–Kier alpha value is -2.15. The molecule has 0 aliphatic carbocycles. The highest BCUT2D eigenvalue weighted by molar-refractivity contribution is 6.30. The van der Waals surface area contributed by atoms with E-state index in [0.29, 0.717) is 23.1 Å². The summed E-state index contributed by atoms with van der Waals surface area (Å²) in [5.41, 5.74) is -1.14. The number of rotatable bonds is 7. The van der Waals surface area contributed by atoms with Crippen LogP contribution >= 0.6 is 11.6 Å². The molecule has 0 saturated carbocycles. The first kappa shape index (κ1) is 17.2. The van der Waals surface area contributed by atoms with Gasteiger partial charge in [-0.25, -0.2) is 9.48 Å². The molecule has 2 aromatic rings. The molecule has 0 radical (unpaired) electrons. The largest absolute Gasteiger partial charge is 0.476 e. The van der Waals surface area contributed by atoms with Gasteiger partial charge in [-0.3, -0.25) is 0 Å². The van der Waals surface area contributed by atoms with Crippen LogP contribution in [0.4, 0.5) is 0 Å². The number of nitrogens with zero attached hydrogens (tertiary/aromatic N) is 4. The Kier molecular flexibility index (Phi) is 5.54. The lowest BCUT2D eigenvalue weighted by Crippen LogP contribution is -2.39. The molecule has 0 bridgehead atoms. The Morgan fingerprint density at radius 2 is 2.00 bits per heavy atom. The van der Waals surface area contributed by atoms with E-state index < -0.39 is 11.6 Å². The zero-order valence-corrected chi connectivity index (χ0v) is 14.1. The van der Waals surface area contributed by atoms with Crippen LogP contribution in [0.1, 0.15) is 33.0 Å². The predicted octanol–water partition coefficient (Wildman–Crippen LogP) is 2.64. The van der Waals surface area contributed by atoms with Gasteiger partial charge >= 0.3 is 5.97 Å². The number of tetrazole rings is 1. The minimum absolute atomic E-state index is 0.000753. The first-order chi connectivity index (χ1) is 10.9. The van der Waals surface area contributed by atoms with Gasteiger partial charge in [0.15, 0.2) is 18.0 Å². The molecule has 1 aromatic carbocycles. The number of esters is 1. The SMILES string of the molecule is CCCn1nnnc1COC(=O)C(C)(C)Oc1ccc(Cl)cc1. The number of carbonyl (C=O) groups is 1. The molecule has 0 amide bonds. The first-order valence-corrected chi connectivity index (χ1v) is 7.67. The van der Waals surface area contributed by atoms with E-state index >= 15 is 0 Å². The Bertz CT molecular complexity index is 655. The van der Waals surface area contributed by atoms with Crippen LogP contribution in [0.3, 0.4) is 0 Å². The van der Waals surface area contributed by atoms with Crippen LogP contribution in [0, 0.1) is 0 Å². The molecule has 124 valence electrons. The van der Waals surface area contributed by atoms with E-state index in [1.807, 2.05) is 6.92 Å². The number of benzene rings is 1. The van der Waals surface area contributed by atoms with Gasteiger partial charge in [-0.2, -0.15) is 0 Å². The lowest BCUT2D eigenvalue weighted by atomic mass is 10.1. The van der Waals surface area contributed by atoms with Crippen LogP contribution in [-0.4, -0.2) is 31.8 Å². The van der Waals surface area contributed by atoms with E-state index in [1.165, 1.54) is 0 Å². The smallest absolute Gasteiger partial charge is 0.350 e. The second kappa shape index (κ2) is 7.41. The Morgan fingerprint density at radius 1 is 1.30 bits per heavy atom. The fourth-order valence-corrected chi connectivity index (χ4v) is 1.98. The monoisotopic (exact) mass is 338 g/mol. The molecule has 2 rings (SSSR count). The predicted molar refractivity (Wildman–Crippen MR) is 84.1 cm³/mol. The fourth-order valence-electron chi connectivity index (χ4n) is 1.85. The molecule has 1 heterocycles. The summed E-state index contributed by atoms with van der Waals surface area (Å²) in [4.78, 5) is 12.2. The van der Waals surface area contributed by atoms with E-state index in [9.17, 15) is 4.79 Å². The molecule has 0 N–H and O–H groups in total. The summed E-state index contributed by atoms with van der Waals surface area (Å²) in [6, 6.07) is 6.77. The van der Waals surface area contributed by atoms with E-state index in [0.717, 1.165) is 6.42 Å². The maximum Gasteiger partial charge on any atom is 0.350 e. The highest BCUT2D eigenvalue weighted by Crippen LogP contribution is 2.22. The number of halogens is 1. The van der Waals surface area contributed by atoms with Crippen molar-refractivity contribution in [2.45, 2.75) is 45.9 Å². The van der Waals surface area contributed by atoms with Crippen molar-refractivity contribution in [3.05, 3.63) is 35.1 Å². The zero-order chi connectivity index (χ0) is 16.9. The summed E-state index contributed by atoms with van der Waals surface area (Å²) in [6.45, 7) is 5.96. The molecule has 0 fully saturated rings. The average molecular weight is 339 g/mol. The van der Waals surface area contributed by atoms with Crippen molar-refractivity contribution in [3.63, 3.8) is 0 Å². The Labute approximate surface area is 139 Å². The van der Waals surface area contributed by atoms with Gasteiger partial charge in [-0.15, -0.1) is 5.10 Å². The normalized spacial score (nSPS) is 11.3. The van der Waals surface area contributed by atoms with Crippen LogP contribution in [-0.2, 0) is 22.7 Å². The van der Waals surface area contributed by atoms with Crippen LogP contribution in [0.5, 0.6) is 5.75 Å². The average Bonchev–Trinajstić information content (AvgIpc) is 2.94. The van der Waals surface area contributed by atoms with Crippen LogP contribution in [0.15, 0.2) is 24.3 Å². The minimum atomic E-state index is -1.14. The van der Waals surface area contributed by atoms with Crippen LogP contribution < -0.4 is 4.74 Å². The summed E-state index contributed by atoms with van der Waals surface area (Å²) in [5, 5.41) is 11.9. The number of ether oxygens (including phenoxy) is 2. The van der Waals surface area contributed by atoms with Crippen molar-refractivity contribution >= 4 is 17.6 Å². The highest BCUT2D eigenvalue weighted by atomic mass is 35.5. The third-order valence-corrected chi connectivity index (χ3v) is 3.30. The van der Waals surface area contributed by atoms with Crippen molar-refractivity contribution in [1.82, 2.24) is 20.2 Å². The third-order valence-electron chi connectivity index (χ3n) is 3.05. The molecule has 0 saturated heterocycles. The Balaban J connectivity index is 1.95. The van der Waals surface area contributed by atoms with Crippen molar-refractivity contribution < 1.29 is 14.3 Å². The maximum atomic E-state index is 12.2. The third kappa shape index (κ3) is 4.66. The van der Waals surface area contributed by atoms with E-state index in [-0.39, 0.29) is 6.61 Å². The second-order valence-corrected chi connectivity index (χ2v) is 5.90. The summed E-state index contributed by atoms with van der Waals surface area (Å²) in [7, 11) is 0. The minimum Gasteiger partial charge on any atom is -0.476 e. The fraction of sp³-hybridized carbons (Fsp3) is 0.467. The number of hydrogen-bond donors (Lipinski definition) is 0. The second-order valence-electron chi connectivity index (χ2n) is 5.46. The van der Waals surface area contributed by atoms with Crippen molar-refractivity contribution in [1.29, 1.82) is 0 Å². The summed E-state index contributed by atoms with van der Waals surface area (Å²) >= 11 is 5.82. The molecule has 0 aliphatic heterocycles. The quantitative estimate of drug-likeness (QED) is 0.722. The molecule has 0 aliphatic rings. The van der Waals surface area contributed by atoms with Crippen molar-refractivity contribution in [2.24, 2.45) is 0 Å². The molecular formula is C15H19ClN4O3. The summed E-state index contributed by atoms with van der Waals surface area (Å²) in [5.74, 6) is 0.535. The lowest BCUT2D eigenvalue weighted by Gasteiger charge is -2.24. The van der Waals surface area contributed by atoms with Gasteiger partial charge in [0.05, 0.1) is 0 Å². The van der Waals surface area contributed by atoms with Crippen molar-refractivity contribution in [3.8, 4) is 5.75 Å². The van der Waals surface area contributed by atoms with Gasteiger partial charge in [-0.1, -0.05) is 18.5 Å². The van der Waals surface area contributed by atoms with E-state index in [2.05, 4.69) is 15.5 Å².